The van der Waals surface area contributed by atoms with Gasteiger partial charge in [0, 0.05) is 11.8 Å². The molecule has 0 bridgehead atoms. The van der Waals surface area contributed by atoms with Gasteiger partial charge in [-0.1, -0.05) is 44.2 Å². The van der Waals surface area contributed by atoms with E-state index >= 15 is 0 Å². The van der Waals surface area contributed by atoms with Crippen LogP contribution < -0.4 is 0 Å². The van der Waals surface area contributed by atoms with Crippen LogP contribution in [0.3, 0.4) is 0 Å². The molecule has 1 aromatic rings. The number of hydrogen-bond acceptors (Lipinski definition) is 3. The Bertz CT molecular complexity index is 437. The van der Waals surface area contributed by atoms with Crippen LogP contribution in [-0.2, 0) is 9.59 Å². The molecule has 3 atom stereocenters. The van der Waals surface area contributed by atoms with Gasteiger partial charge in [-0.05, 0) is 5.56 Å². The van der Waals surface area contributed by atoms with Gasteiger partial charge in [0.25, 0.3) is 0 Å². The lowest BCUT2D eigenvalue weighted by molar-refractivity contribution is -0.143. The molecule has 1 fully saturated rings. The highest BCUT2D eigenvalue weighted by atomic mass is 16.3. The molecule has 96 valence electrons. The van der Waals surface area contributed by atoms with E-state index in [0.29, 0.717) is 0 Å². The molecule has 1 N–H and O–H groups in total. The van der Waals surface area contributed by atoms with Crippen molar-refractivity contribution in [3.8, 4) is 0 Å². The molecule has 2 amide bonds. The number of aliphatic hydroxyl groups excluding tert-OH is 1. The molecule has 1 aromatic carbocycles. The van der Waals surface area contributed by atoms with Crippen LogP contribution in [0.15, 0.2) is 30.3 Å². The molecule has 0 spiro atoms. The quantitative estimate of drug-likeness (QED) is 0.820. The predicted molar refractivity (Wildman–Crippen MR) is 66.4 cm³/mol. The lowest BCUT2D eigenvalue weighted by Crippen LogP contribution is -2.36. The molecular formula is C14H17NO3. The summed E-state index contributed by atoms with van der Waals surface area (Å²) in [6.45, 7) is 3.26. The molecule has 0 aromatic heterocycles. The Balaban J connectivity index is 2.35. The number of likely N-dealkylation sites (tertiary alicyclic amines) is 1. The SMILES string of the molecule is CC1C(=O)N([C@H](CO)c2ccccc2)C(=O)C1C. The molecule has 0 saturated carbocycles. The summed E-state index contributed by atoms with van der Waals surface area (Å²) in [7, 11) is 0. The van der Waals surface area contributed by atoms with Gasteiger partial charge in [-0.15, -0.1) is 0 Å². The summed E-state index contributed by atoms with van der Waals surface area (Å²) in [6, 6.07) is 8.57. The maximum Gasteiger partial charge on any atom is 0.233 e. The maximum absolute atomic E-state index is 12.1. The maximum atomic E-state index is 12.1. The van der Waals surface area contributed by atoms with Crippen LogP contribution in [0.1, 0.15) is 25.5 Å². The summed E-state index contributed by atoms with van der Waals surface area (Å²) in [5, 5.41) is 9.50. The summed E-state index contributed by atoms with van der Waals surface area (Å²) in [5.41, 5.74) is 0.781. The third-order valence-electron chi connectivity index (χ3n) is 3.67. The first-order valence-electron chi connectivity index (χ1n) is 6.10. The number of amides is 2. The first kappa shape index (κ1) is 12.8. The summed E-state index contributed by atoms with van der Waals surface area (Å²) >= 11 is 0. The van der Waals surface area contributed by atoms with Gasteiger partial charge in [-0.25, -0.2) is 0 Å². The average molecular weight is 247 g/mol. The molecule has 2 rings (SSSR count). The van der Waals surface area contributed by atoms with Crippen LogP contribution in [0.25, 0.3) is 0 Å². The monoisotopic (exact) mass is 247 g/mol. The average Bonchev–Trinajstić information content (AvgIpc) is 2.59. The first-order chi connectivity index (χ1) is 8.57. The smallest absolute Gasteiger partial charge is 0.233 e. The topological polar surface area (TPSA) is 57.6 Å². The van der Waals surface area contributed by atoms with Crippen molar-refractivity contribution in [2.45, 2.75) is 19.9 Å². The second kappa shape index (κ2) is 4.90. The number of aliphatic hydroxyl groups is 1. The molecule has 0 radical (unpaired) electrons. The molecule has 18 heavy (non-hydrogen) atoms. The zero-order valence-corrected chi connectivity index (χ0v) is 10.5. The Kier molecular flexibility index (Phi) is 3.48. The highest BCUT2D eigenvalue weighted by molar-refractivity contribution is 6.05. The molecule has 2 unspecified atom stereocenters. The lowest BCUT2D eigenvalue weighted by atomic mass is 10.00. The fourth-order valence-electron chi connectivity index (χ4n) is 2.29. The lowest BCUT2D eigenvalue weighted by Gasteiger charge is -2.25. The third-order valence-corrected chi connectivity index (χ3v) is 3.67. The molecule has 4 heteroatoms. The molecular weight excluding hydrogens is 230 g/mol. The first-order valence-corrected chi connectivity index (χ1v) is 6.10. The van der Waals surface area contributed by atoms with E-state index in [1.54, 1.807) is 13.8 Å². The van der Waals surface area contributed by atoms with Crippen LogP contribution in [0.2, 0.25) is 0 Å². The fraction of sp³-hybridized carbons (Fsp3) is 0.429. The van der Waals surface area contributed by atoms with E-state index in [4.69, 9.17) is 0 Å². The summed E-state index contributed by atoms with van der Waals surface area (Å²) < 4.78 is 0. The highest BCUT2D eigenvalue weighted by Crippen LogP contribution is 2.32. The van der Waals surface area contributed by atoms with Crippen molar-refractivity contribution in [3.05, 3.63) is 35.9 Å². The van der Waals surface area contributed by atoms with Crippen LogP contribution >= 0.6 is 0 Å². The number of nitrogens with zero attached hydrogens (tertiary/aromatic N) is 1. The largest absolute Gasteiger partial charge is 0.394 e. The molecule has 0 aliphatic carbocycles. The number of rotatable bonds is 3. The van der Waals surface area contributed by atoms with Crippen molar-refractivity contribution in [3.63, 3.8) is 0 Å². The van der Waals surface area contributed by atoms with Gasteiger partial charge >= 0.3 is 0 Å². The second-order valence-electron chi connectivity index (χ2n) is 4.73. The molecule has 4 nitrogen and oxygen atoms in total. The number of carbonyl (C=O) groups is 2. The summed E-state index contributed by atoms with van der Waals surface area (Å²) in [5.74, 6) is -1.02. The standard InChI is InChI=1S/C14H17NO3/c1-9-10(2)14(18)15(13(9)17)12(8-16)11-6-4-3-5-7-11/h3-7,9-10,12,16H,8H2,1-2H3/t9?,10?,12-/m1/s1. The summed E-state index contributed by atoms with van der Waals surface area (Å²) in [4.78, 5) is 25.4. The van der Waals surface area contributed by atoms with Gasteiger partial charge in [0.15, 0.2) is 0 Å². The van der Waals surface area contributed by atoms with Gasteiger partial charge < -0.3 is 5.11 Å². The predicted octanol–water partition coefficient (Wildman–Crippen LogP) is 1.36. The molecule has 1 saturated heterocycles. The number of imide groups is 1. The minimum atomic E-state index is -0.571. The van der Waals surface area contributed by atoms with Gasteiger partial charge in [0.05, 0.1) is 12.6 Å². The Hall–Kier alpha value is -1.68. The number of hydrogen-bond donors (Lipinski definition) is 1. The van der Waals surface area contributed by atoms with Crippen LogP contribution in [0, 0.1) is 11.8 Å². The molecule has 1 aliphatic heterocycles. The van der Waals surface area contributed by atoms with Crippen molar-refractivity contribution >= 4 is 11.8 Å². The fourth-order valence-corrected chi connectivity index (χ4v) is 2.29. The van der Waals surface area contributed by atoms with Crippen LogP contribution in [-0.4, -0.2) is 28.4 Å². The Morgan fingerprint density at radius 3 is 2.06 bits per heavy atom. The van der Waals surface area contributed by atoms with Crippen molar-refractivity contribution in [2.24, 2.45) is 11.8 Å². The van der Waals surface area contributed by atoms with Gasteiger partial charge in [-0.3, -0.25) is 14.5 Å². The van der Waals surface area contributed by atoms with Crippen molar-refractivity contribution < 1.29 is 14.7 Å². The van der Waals surface area contributed by atoms with Crippen LogP contribution in [0.4, 0.5) is 0 Å². The van der Waals surface area contributed by atoms with E-state index in [2.05, 4.69) is 0 Å². The van der Waals surface area contributed by atoms with Gasteiger partial charge in [0.1, 0.15) is 0 Å². The van der Waals surface area contributed by atoms with Crippen molar-refractivity contribution in [1.29, 1.82) is 0 Å². The van der Waals surface area contributed by atoms with E-state index in [9.17, 15) is 14.7 Å². The minimum absolute atomic E-state index is 0.199. The molecule has 1 aliphatic rings. The van der Waals surface area contributed by atoms with Gasteiger partial charge in [-0.2, -0.15) is 0 Å². The Labute approximate surface area is 106 Å². The van der Waals surface area contributed by atoms with E-state index < -0.39 is 6.04 Å². The summed E-state index contributed by atoms with van der Waals surface area (Å²) in [6.07, 6.45) is 0. The highest BCUT2D eigenvalue weighted by Gasteiger charge is 2.45. The van der Waals surface area contributed by atoms with E-state index in [1.807, 2.05) is 30.3 Å². The Morgan fingerprint density at radius 1 is 1.11 bits per heavy atom. The van der Waals surface area contributed by atoms with E-state index in [-0.39, 0.29) is 30.3 Å². The van der Waals surface area contributed by atoms with Gasteiger partial charge in [0.2, 0.25) is 11.8 Å². The molecule has 1 heterocycles. The minimum Gasteiger partial charge on any atom is -0.394 e. The third kappa shape index (κ3) is 1.93. The van der Waals surface area contributed by atoms with Crippen molar-refractivity contribution in [2.75, 3.05) is 6.61 Å². The van der Waals surface area contributed by atoms with E-state index in [1.165, 1.54) is 4.90 Å². The number of carbonyl (C=O) groups excluding carboxylic acids is 2. The van der Waals surface area contributed by atoms with E-state index in [0.717, 1.165) is 5.56 Å². The second-order valence-corrected chi connectivity index (χ2v) is 4.73. The van der Waals surface area contributed by atoms with Crippen LogP contribution in [0.5, 0.6) is 0 Å². The number of benzene rings is 1. The Morgan fingerprint density at radius 2 is 1.61 bits per heavy atom. The zero-order valence-electron chi connectivity index (χ0n) is 10.5. The normalized spacial score (nSPS) is 25.6. The van der Waals surface area contributed by atoms with Crippen molar-refractivity contribution in [1.82, 2.24) is 4.90 Å². The zero-order chi connectivity index (χ0) is 13.3.